The molecule has 0 aliphatic carbocycles. The average molecular weight is 575 g/mol. The molecule has 0 unspecified atom stereocenters. The highest BCUT2D eigenvalue weighted by atomic mass is 32.1. The number of piperazine rings is 1. The minimum Gasteiger partial charge on any atom is -0.304 e. The van der Waals surface area contributed by atoms with Gasteiger partial charge in [0.1, 0.15) is 5.82 Å². The van der Waals surface area contributed by atoms with Crippen LogP contribution in [0.3, 0.4) is 0 Å². The number of aromatic nitrogens is 4. The van der Waals surface area contributed by atoms with Crippen LogP contribution in [0.15, 0.2) is 84.8 Å². The van der Waals surface area contributed by atoms with Crippen molar-refractivity contribution in [1.29, 1.82) is 0 Å². The van der Waals surface area contributed by atoms with Crippen LogP contribution in [0.5, 0.6) is 0 Å². The second kappa shape index (κ2) is 12.8. The van der Waals surface area contributed by atoms with E-state index in [1.54, 1.807) is 6.20 Å². The van der Waals surface area contributed by atoms with Gasteiger partial charge in [0.15, 0.2) is 5.78 Å². The molecule has 3 aromatic heterocycles. The zero-order valence-electron chi connectivity index (χ0n) is 24.0. The van der Waals surface area contributed by atoms with Crippen LogP contribution in [0.25, 0.3) is 22.4 Å². The van der Waals surface area contributed by atoms with Gasteiger partial charge in [-0.1, -0.05) is 42.5 Å². The van der Waals surface area contributed by atoms with E-state index in [1.165, 1.54) is 17.1 Å². The first-order valence-electron chi connectivity index (χ1n) is 14.3. The van der Waals surface area contributed by atoms with Gasteiger partial charge in [0.25, 0.3) is 0 Å². The number of aryl methyl sites for hydroxylation is 1. The number of carbonyl (C=O) groups is 1. The topological polar surface area (TPSA) is 75.1 Å². The second-order valence-electron chi connectivity index (χ2n) is 11.0. The molecule has 1 aliphatic heterocycles. The van der Waals surface area contributed by atoms with Crippen molar-refractivity contribution >= 4 is 17.3 Å². The standard InChI is InChI=1S/C34H34N6OS/c1-24-3-4-26(16-33(41)27-7-5-25(6-8-27)22-40-13-11-39(2)12-14-40)15-28(24)18-34-36-10-9-32(38-34)30-17-29(19-35-20-30)31-21-37-42-23-31/h3-10,15,17,19-21,23H,11-14,16,18,22H2,1-2H3. The largest absolute Gasteiger partial charge is 0.304 e. The Kier molecular flexibility index (Phi) is 8.55. The summed E-state index contributed by atoms with van der Waals surface area (Å²) in [5.74, 6) is 0.861. The van der Waals surface area contributed by atoms with Crippen molar-refractivity contribution in [2.75, 3.05) is 33.2 Å². The fourth-order valence-electron chi connectivity index (χ4n) is 5.27. The Labute approximate surface area is 251 Å². The number of likely N-dealkylation sites (N-methyl/N-ethyl adjacent to an activating group) is 1. The van der Waals surface area contributed by atoms with Gasteiger partial charge in [-0.05, 0) is 59.9 Å². The van der Waals surface area contributed by atoms with Gasteiger partial charge < -0.3 is 4.90 Å². The van der Waals surface area contributed by atoms with E-state index < -0.39 is 0 Å². The molecule has 5 aromatic rings. The van der Waals surface area contributed by atoms with Gasteiger partial charge in [0.05, 0.1) is 5.69 Å². The average Bonchev–Trinajstić information content (AvgIpc) is 3.56. The van der Waals surface area contributed by atoms with E-state index >= 15 is 0 Å². The van der Waals surface area contributed by atoms with Crippen LogP contribution in [0.4, 0.5) is 0 Å². The van der Waals surface area contributed by atoms with E-state index in [4.69, 9.17) is 4.98 Å². The van der Waals surface area contributed by atoms with Crippen LogP contribution >= 0.6 is 11.5 Å². The van der Waals surface area contributed by atoms with Crippen LogP contribution < -0.4 is 0 Å². The molecular formula is C34H34N6OS. The van der Waals surface area contributed by atoms with Gasteiger partial charge in [0, 0.05) is 98.0 Å². The molecule has 0 atom stereocenters. The summed E-state index contributed by atoms with van der Waals surface area (Å²) in [6.07, 6.45) is 8.26. The molecule has 4 heterocycles. The number of benzene rings is 2. The molecule has 0 spiro atoms. The van der Waals surface area contributed by atoms with Crippen molar-refractivity contribution in [1.82, 2.24) is 29.1 Å². The molecule has 2 aromatic carbocycles. The SMILES string of the molecule is Cc1ccc(CC(=O)c2ccc(CN3CCN(C)CC3)cc2)cc1Cc1nccc(-c2cncc(-c3cnsc3)c2)n1. The third-order valence-corrected chi connectivity index (χ3v) is 8.50. The first kappa shape index (κ1) is 28.0. The summed E-state index contributed by atoms with van der Waals surface area (Å²) < 4.78 is 4.20. The van der Waals surface area contributed by atoms with Crippen LogP contribution in [0, 0.1) is 6.92 Å². The zero-order chi connectivity index (χ0) is 28.9. The van der Waals surface area contributed by atoms with E-state index in [9.17, 15) is 4.79 Å². The van der Waals surface area contributed by atoms with E-state index in [-0.39, 0.29) is 5.78 Å². The first-order chi connectivity index (χ1) is 20.5. The molecular weight excluding hydrogens is 540 g/mol. The predicted octanol–water partition coefficient (Wildman–Crippen LogP) is 5.73. The van der Waals surface area contributed by atoms with Crippen molar-refractivity contribution in [3.63, 3.8) is 0 Å². The van der Waals surface area contributed by atoms with E-state index in [0.29, 0.717) is 12.8 Å². The Hall–Kier alpha value is -4.11. The number of pyridine rings is 1. The van der Waals surface area contributed by atoms with Crippen molar-refractivity contribution in [2.24, 2.45) is 0 Å². The Morgan fingerprint density at radius 1 is 0.881 bits per heavy atom. The summed E-state index contributed by atoms with van der Waals surface area (Å²) in [6, 6.07) is 18.4. The Bertz CT molecular complexity index is 1660. The Balaban J connectivity index is 1.12. The number of rotatable bonds is 9. The van der Waals surface area contributed by atoms with E-state index in [1.807, 2.05) is 48.2 Å². The monoisotopic (exact) mass is 574 g/mol. The molecule has 1 saturated heterocycles. The van der Waals surface area contributed by atoms with Crippen LogP contribution in [-0.4, -0.2) is 68.1 Å². The highest BCUT2D eigenvalue weighted by Gasteiger charge is 2.15. The van der Waals surface area contributed by atoms with Crippen molar-refractivity contribution in [3.05, 3.63) is 118 Å². The number of Topliss-reactive ketones (excluding diaryl/α,β-unsaturated/α-hetero) is 1. The third-order valence-electron chi connectivity index (χ3n) is 7.91. The summed E-state index contributed by atoms with van der Waals surface area (Å²) in [7, 11) is 2.17. The summed E-state index contributed by atoms with van der Waals surface area (Å²) in [4.78, 5) is 31.8. The number of hydrogen-bond donors (Lipinski definition) is 0. The lowest BCUT2D eigenvalue weighted by molar-refractivity contribution is 0.0993. The predicted molar refractivity (Wildman–Crippen MR) is 168 cm³/mol. The quantitative estimate of drug-likeness (QED) is 0.208. The minimum atomic E-state index is 0.127. The highest BCUT2D eigenvalue weighted by molar-refractivity contribution is 7.03. The minimum absolute atomic E-state index is 0.127. The number of carbonyl (C=O) groups excluding carboxylic acids is 1. The Morgan fingerprint density at radius 2 is 1.67 bits per heavy atom. The maximum absolute atomic E-state index is 13.2. The maximum atomic E-state index is 13.2. The number of hydrogen-bond acceptors (Lipinski definition) is 8. The smallest absolute Gasteiger partial charge is 0.167 e. The molecule has 7 nitrogen and oxygen atoms in total. The molecule has 8 heteroatoms. The van der Waals surface area contributed by atoms with Crippen LogP contribution in [0.1, 0.15) is 38.4 Å². The van der Waals surface area contributed by atoms with Gasteiger partial charge in [0.2, 0.25) is 0 Å². The molecule has 1 fully saturated rings. The molecule has 212 valence electrons. The van der Waals surface area contributed by atoms with Crippen molar-refractivity contribution in [2.45, 2.75) is 26.3 Å². The summed E-state index contributed by atoms with van der Waals surface area (Å²) >= 11 is 1.42. The lowest BCUT2D eigenvalue weighted by Crippen LogP contribution is -2.43. The van der Waals surface area contributed by atoms with Crippen molar-refractivity contribution in [3.8, 4) is 22.4 Å². The molecule has 0 amide bonds. The summed E-state index contributed by atoms with van der Waals surface area (Å²) in [6.45, 7) is 7.39. The molecule has 1 aliphatic rings. The van der Waals surface area contributed by atoms with Gasteiger partial charge in [-0.25, -0.2) is 14.3 Å². The molecule has 0 N–H and O–H groups in total. The number of ketones is 1. The lowest BCUT2D eigenvalue weighted by atomic mass is 9.97. The number of nitrogens with zero attached hydrogens (tertiary/aromatic N) is 6. The van der Waals surface area contributed by atoms with E-state index in [2.05, 4.69) is 68.4 Å². The molecule has 0 bridgehead atoms. The molecule has 6 rings (SSSR count). The van der Waals surface area contributed by atoms with Gasteiger partial charge in [-0.15, -0.1) is 0 Å². The van der Waals surface area contributed by atoms with Crippen molar-refractivity contribution < 1.29 is 4.79 Å². The zero-order valence-corrected chi connectivity index (χ0v) is 24.8. The lowest BCUT2D eigenvalue weighted by Gasteiger charge is -2.32. The third kappa shape index (κ3) is 6.85. The molecule has 0 saturated carbocycles. The summed E-state index contributed by atoms with van der Waals surface area (Å²) in [5, 5.41) is 2.01. The first-order valence-corrected chi connectivity index (χ1v) is 15.1. The highest BCUT2D eigenvalue weighted by Crippen LogP contribution is 2.25. The fraction of sp³-hybridized carbons (Fsp3) is 0.265. The van der Waals surface area contributed by atoms with Crippen LogP contribution in [0.2, 0.25) is 0 Å². The Morgan fingerprint density at radius 3 is 2.45 bits per heavy atom. The molecule has 42 heavy (non-hydrogen) atoms. The van der Waals surface area contributed by atoms with Gasteiger partial charge in [-0.2, -0.15) is 0 Å². The maximum Gasteiger partial charge on any atom is 0.167 e. The van der Waals surface area contributed by atoms with Gasteiger partial charge >= 0.3 is 0 Å². The normalized spacial score (nSPS) is 14.2. The van der Waals surface area contributed by atoms with Gasteiger partial charge in [-0.3, -0.25) is 14.7 Å². The van der Waals surface area contributed by atoms with E-state index in [0.717, 1.165) is 83.2 Å². The van der Waals surface area contributed by atoms with Crippen LogP contribution in [-0.2, 0) is 19.4 Å². The molecule has 0 radical (unpaired) electrons. The fourth-order valence-corrected chi connectivity index (χ4v) is 5.82. The summed E-state index contributed by atoms with van der Waals surface area (Å²) in [5.41, 5.74) is 9.11. The second-order valence-corrected chi connectivity index (χ2v) is 11.7.